The van der Waals surface area contributed by atoms with Crippen LogP contribution in [0.25, 0.3) is 0 Å². The summed E-state index contributed by atoms with van der Waals surface area (Å²) in [6.45, 7) is 0.0180. The number of hydrogen-bond acceptors (Lipinski definition) is 2. The third-order valence-electron chi connectivity index (χ3n) is 3.66. The van der Waals surface area contributed by atoms with E-state index < -0.39 is 29.5 Å². The van der Waals surface area contributed by atoms with Gasteiger partial charge in [0.1, 0.15) is 0 Å². The predicted octanol–water partition coefficient (Wildman–Crippen LogP) is 2.38. The highest BCUT2D eigenvalue weighted by Gasteiger charge is 2.24. The van der Waals surface area contributed by atoms with Gasteiger partial charge in [-0.15, -0.1) is 0 Å². The molecule has 1 aromatic carbocycles. The van der Waals surface area contributed by atoms with Crippen LogP contribution in [0.5, 0.6) is 0 Å². The molecule has 0 saturated heterocycles. The van der Waals surface area contributed by atoms with Crippen LogP contribution in [-0.4, -0.2) is 23.7 Å². The Labute approximate surface area is 114 Å². The van der Waals surface area contributed by atoms with E-state index in [-0.39, 0.29) is 18.0 Å². The van der Waals surface area contributed by atoms with E-state index in [2.05, 4.69) is 5.32 Å². The molecule has 0 spiro atoms. The molecule has 0 radical (unpaired) electrons. The van der Waals surface area contributed by atoms with E-state index in [4.69, 9.17) is 0 Å². The fraction of sp³-hybridized carbons (Fsp3) is 0.500. The zero-order valence-electron chi connectivity index (χ0n) is 10.8. The topological polar surface area (TPSA) is 49.3 Å². The van der Waals surface area contributed by atoms with Crippen LogP contribution in [0.15, 0.2) is 12.1 Å². The Bertz CT molecular complexity index is 478. The lowest BCUT2D eigenvalue weighted by Gasteiger charge is -2.18. The van der Waals surface area contributed by atoms with Crippen LogP contribution in [0.3, 0.4) is 0 Å². The van der Waals surface area contributed by atoms with Gasteiger partial charge in [-0.05, 0) is 30.9 Å². The zero-order chi connectivity index (χ0) is 14.7. The molecule has 1 saturated carbocycles. The SMILES string of the molecule is O=C(NCC(O)C1CCCC1)c1cc(F)c(F)c(F)c1. The lowest BCUT2D eigenvalue weighted by atomic mass is 10.0. The fourth-order valence-corrected chi connectivity index (χ4v) is 2.49. The van der Waals surface area contributed by atoms with Gasteiger partial charge in [0.25, 0.3) is 5.91 Å². The summed E-state index contributed by atoms with van der Waals surface area (Å²) in [6, 6.07) is 1.27. The third kappa shape index (κ3) is 3.30. The highest BCUT2D eigenvalue weighted by molar-refractivity contribution is 5.94. The van der Waals surface area contributed by atoms with E-state index in [1.54, 1.807) is 0 Å². The molecule has 1 aromatic rings. The summed E-state index contributed by atoms with van der Waals surface area (Å²) in [5.74, 6) is -5.01. The van der Waals surface area contributed by atoms with Gasteiger partial charge in [0.15, 0.2) is 17.5 Å². The van der Waals surface area contributed by atoms with Crippen molar-refractivity contribution in [3.63, 3.8) is 0 Å². The van der Waals surface area contributed by atoms with Gasteiger partial charge in [-0.3, -0.25) is 4.79 Å². The van der Waals surface area contributed by atoms with E-state index >= 15 is 0 Å². The number of carbonyl (C=O) groups is 1. The summed E-state index contributed by atoms with van der Waals surface area (Å²) >= 11 is 0. The van der Waals surface area contributed by atoms with Gasteiger partial charge in [-0.2, -0.15) is 0 Å². The summed E-state index contributed by atoms with van der Waals surface area (Å²) in [4.78, 5) is 11.7. The number of nitrogens with one attached hydrogen (secondary N) is 1. The van der Waals surface area contributed by atoms with E-state index in [9.17, 15) is 23.1 Å². The van der Waals surface area contributed by atoms with E-state index in [0.717, 1.165) is 25.7 Å². The molecule has 3 nitrogen and oxygen atoms in total. The molecule has 1 unspecified atom stereocenters. The predicted molar refractivity (Wildman–Crippen MR) is 66.6 cm³/mol. The van der Waals surface area contributed by atoms with Gasteiger partial charge in [0.2, 0.25) is 0 Å². The average molecular weight is 287 g/mol. The molecule has 0 aromatic heterocycles. The molecule has 1 fully saturated rings. The maximum absolute atomic E-state index is 13.0. The van der Waals surface area contributed by atoms with Crippen LogP contribution in [0.4, 0.5) is 13.2 Å². The molecule has 6 heteroatoms. The van der Waals surface area contributed by atoms with Crippen LogP contribution in [-0.2, 0) is 0 Å². The van der Waals surface area contributed by atoms with Crippen molar-refractivity contribution in [2.24, 2.45) is 5.92 Å². The van der Waals surface area contributed by atoms with Crippen LogP contribution in [0.1, 0.15) is 36.0 Å². The second kappa shape index (κ2) is 6.26. The highest BCUT2D eigenvalue weighted by Crippen LogP contribution is 2.27. The lowest BCUT2D eigenvalue weighted by Crippen LogP contribution is -2.35. The number of rotatable bonds is 4. The molecule has 0 aliphatic heterocycles. The Kier molecular flexibility index (Phi) is 4.65. The van der Waals surface area contributed by atoms with Crippen LogP contribution >= 0.6 is 0 Å². The molecule has 1 amide bonds. The van der Waals surface area contributed by atoms with Crippen molar-refractivity contribution in [1.82, 2.24) is 5.32 Å². The highest BCUT2D eigenvalue weighted by atomic mass is 19.2. The number of hydrogen-bond donors (Lipinski definition) is 2. The minimum atomic E-state index is -1.60. The largest absolute Gasteiger partial charge is 0.391 e. The number of aliphatic hydroxyl groups is 1. The van der Waals surface area contributed by atoms with E-state index in [1.165, 1.54) is 0 Å². The molecular weight excluding hydrogens is 271 g/mol. The number of carbonyl (C=O) groups excluding carboxylic acids is 1. The van der Waals surface area contributed by atoms with Crippen molar-refractivity contribution in [2.45, 2.75) is 31.8 Å². The van der Waals surface area contributed by atoms with Crippen LogP contribution < -0.4 is 5.32 Å². The maximum atomic E-state index is 13.0. The summed E-state index contributed by atoms with van der Waals surface area (Å²) < 4.78 is 38.8. The Morgan fingerprint density at radius 2 is 1.80 bits per heavy atom. The van der Waals surface area contributed by atoms with Gasteiger partial charge in [0.05, 0.1) is 6.10 Å². The smallest absolute Gasteiger partial charge is 0.251 e. The summed E-state index contributed by atoms with van der Waals surface area (Å²) in [6.07, 6.45) is 3.28. The fourth-order valence-electron chi connectivity index (χ4n) is 2.49. The van der Waals surface area contributed by atoms with Crippen LogP contribution in [0, 0.1) is 23.4 Å². The van der Waals surface area contributed by atoms with Gasteiger partial charge < -0.3 is 10.4 Å². The lowest BCUT2D eigenvalue weighted by molar-refractivity contribution is 0.0839. The monoisotopic (exact) mass is 287 g/mol. The first-order valence-electron chi connectivity index (χ1n) is 6.60. The molecule has 110 valence electrons. The zero-order valence-corrected chi connectivity index (χ0v) is 10.8. The van der Waals surface area contributed by atoms with E-state index in [0.29, 0.717) is 12.1 Å². The number of halogens is 3. The summed E-state index contributed by atoms with van der Waals surface area (Å²) in [5, 5.41) is 12.3. The van der Waals surface area contributed by atoms with Crippen molar-refractivity contribution in [3.8, 4) is 0 Å². The first-order valence-corrected chi connectivity index (χ1v) is 6.60. The quantitative estimate of drug-likeness (QED) is 0.835. The van der Waals surface area contributed by atoms with Crippen molar-refractivity contribution < 1.29 is 23.1 Å². The van der Waals surface area contributed by atoms with Gasteiger partial charge in [0, 0.05) is 12.1 Å². The maximum Gasteiger partial charge on any atom is 0.251 e. The minimum Gasteiger partial charge on any atom is -0.391 e. The van der Waals surface area contributed by atoms with Crippen molar-refractivity contribution in [1.29, 1.82) is 0 Å². The Balaban J connectivity index is 1.94. The second-order valence-corrected chi connectivity index (χ2v) is 5.08. The molecule has 1 aliphatic rings. The molecule has 0 heterocycles. The third-order valence-corrected chi connectivity index (χ3v) is 3.66. The van der Waals surface area contributed by atoms with Crippen molar-refractivity contribution in [2.75, 3.05) is 6.54 Å². The van der Waals surface area contributed by atoms with Crippen molar-refractivity contribution >= 4 is 5.91 Å². The second-order valence-electron chi connectivity index (χ2n) is 5.08. The molecule has 20 heavy (non-hydrogen) atoms. The molecule has 1 aliphatic carbocycles. The Hall–Kier alpha value is -1.56. The van der Waals surface area contributed by atoms with Gasteiger partial charge >= 0.3 is 0 Å². The number of benzene rings is 1. The first kappa shape index (κ1) is 14.8. The van der Waals surface area contributed by atoms with Crippen molar-refractivity contribution in [3.05, 3.63) is 35.1 Å². The Morgan fingerprint density at radius 3 is 2.35 bits per heavy atom. The van der Waals surface area contributed by atoms with Crippen LogP contribution in [0.2, 0.25) is 0 Å². The molecule has 2 rings (SSSR count). The van der Waals surface area contributed by atoms with Gasteiger partial charge in [-0.1, -0.05) is 12.8 Å². The molecule has 0 bridgehead atoms. The van der Waals surface area contributed by atoms with E-state index in [1.807, 2.05) is 0 Å². The average Bonchev–Trinajstić information content (AvgIpc) is 2.95. The molecule has 2 N–H and O–H groups in total. The van der Waals surface area contributed by atoms with Gasteiger partial charge in [-0.25, -0.2) is 13.2 Å². The molecular formula is C14H16F3NO2. The molecule has 1 atom stereocenters. The summed E-state index contributed by atoms with van der Waals surface area (Å²) in [7, 11) is 0. The first-order chi connectivity index (χ1) is 9.49. The summed E-state index contributed by atoms with van der Waals surface area (Å²) in [5.41, 5.74) is -0.306. The minimum absolute atomic E-state index is 0.0180. The Morgan fingerprint density at radius 1 is 1.25 bits per heavy atom. The standard InChI is InChI=1S/C14H16F3NO2/c15-10-5-9(6-11(16)13(10)17)14(20)18-7-12(19)8-3-1-2-4-8/h5-6,8,12,19H,1-4,7H2,(H,18,20). The normalized spacial score (nSPS) is 17.2. The number of aliphatic hydroxyl groups excluding tert-OH is 1. The number of amides is 1.